The summed E-state index contributed by atoms with van der Waals surface area (Å²) >= 11 is 0. The number of non-ortho nitro benzene ring substituents is 1. The fourth-order valence-corrected chi connectivity index (χ4v) is 6.32. The average molecular weight is 470 g/mol. The van der Waals surface area contributed by atoms with Crippen molar-refractivity contribution in [1.29, 1.82) is 0 Å². The highest BCUT2D eigenvalue weighted by Gasteiger charge is 2.57. The zero-order valence-electron chi connectivity index (χ0n) is 19.3. The van der Waals surface area contributed by atoms with Gasteiger partial charge in [-0.1, -0.05) is 42.5 Å². The molecule has 3 aromatic carbocycles. The molecule has 1 aromatic heterocycles. The molecule has 6 rings (SSSR count). The molecule has 0 amide bonds. The topological polar surface area (TPSA) is 103 Å². The molecule has 1 aliphatic heterocycles. The lowest BCUT2D eigenvalue weighted by Crippen LogP contribution is -2.66. The summed E-state index contributed by atoms with van der Waals surface area (Å²) in [5, 5.41) is 35.0. The Labute approximate surface area is 202 Å². The molecule has 7 nitrogen and oxygen atoms in total. The van der Waals surface area contributed by atoms with Crippen molar-refractivity contribution < 1.29 is 15.1 Å². The smallest absolute Gasteiger partial charge is 0.271 e. The Kier molecular flexibility index (Phi) is 4.95. The third-order valence-corrected chi connectivity index (χ3v) is 8.02. The second kappa shape index (κ2) is 7.93. The van der Waals surface area contributed by atoms with Gasteiger partial charge in [0, 0.05) is 54.6 Å². The fraction of sp³-hybridized carbons (Fsp3) is 0.286. The van der Waals surface area contributed by atoms with E-state index in [1.54, 1.807) is 24.3 Å². The number of hydrogen-bond donors (Lipinski definition) is 3. The minimum atomic E-state index is -1.07. The van der Waals surface area contributed by atoms with Crippen LogP contribution < -0.4 is 0 Å². The molecule has 4 aromatic rings. The van der Waals surface area contributed by atoms with Crippen LogP contribution in [0.5, 0.6) is 5.75 Å². The average Bonchev–Trinajstić information content (AvgIpc) is 3.18. The van der Waals surface area contributed by atoms with E-state index in [9.17, 15) is 20.3 Å². The summed E-state index contributed by atoms with van der Waals surface area (Å²) in [4.78, 5) is 16.7. The minimum Gasteiger partial charge on any atom is -0.508 e. The van der Waals surface area contributed by atoms with Crippen molar-refractivity contribution in [2.24, 2.45) is 0 Å². The van der Waals surface area contributed by atoms with Crippen molar-refractivity contribution in [3.8, 4) is 5.75 Å². The molecule has 2 atom stereocenters. The predicted octanol–water partition coefficient (Wildman–Crippen LogP) is 4.46. The summed E-state index contributed by atoms with van der Waals surface area (Å²) in [7, 11) is 0. The number of nitrogens with one attached hydrogen (secondary N) is 1. The van der Waals surface area contributed by atoms with Crippen molar-refractivity contribution in [3.63, 3.8) is 0 Å². The molecule has 0 spiro atoms. The Balaban J connectivity index is 1.45. The third kappa shape index (κ3) is 3.50. The molecule has 3 N–H and O–H groups in total. The Hall–Kier alpha value is -3.68. The van der Waals surface area contributed by atoms with E-state index in [-0.39, 0.29) is 16.4 Å². The summed E-state index contributed by atoms with van der Waals surface area (Å²) in [5.74, 6) is 0.184. The van der Waals surface area contributed by atoms with E-state index in [0.29, 0.717) is 19.4 Å². The molecule has 2 unspecified atom stereocenters. The summed E-state index contributed by atoms with van der Waals surface area (Å²) in [5.41, 5.74) is 3.27. The summed E-state index contributed by atoms with van der Waals surface area (Å²) in [6.07, 6.45) is 1.74. The van der Waals surface area contributed by atoms with Gasteiger partial charge in [0.2, 0.25) is 0 Å². The first-order valence-corrected chi connectivity index (χ1v) is 11.9. The van der Waals surface area contributed by atoms with Crippen LogP contribution in [0.1, 0.15) is 28.8 Å². The van der Waals surface area contributed by atoms with E-state index in [1.807, 2.05) is 30.3 Å². The second-order valence-corrected chi connectivity index (χ2v) is 10.0. The Morgan fingerprint density at radius 3 is 2.63 bits per heavy atom. The van der Waals surface area contributed by atoms with Crippen LogP contribution in [0, 0.1) is 10.1 Å². The van der Waals surface area contributed by atoms with E-state index in [0.717, 1.165) is 47.2 Å². The van der Waals surface area contributed by atoms with Crippen molar-refractivity contribution in [3.05, 3.63) is 105 Å². The van der Waals surface area contributed by atoms with Crippen molar-refractivity contribution in [2.75, 3.05) is 13.1 Å². The first kappa shape index (κ1) is 21.8. The normalized spacial score (nSPS) is 24.1. The zero-order chi connectivity index (χ0) is 24.2. The molecule has 1 aliphatic carbocycles. The van der Waals surface area contributed by atoms with Gasteiger partial charge in [0.15, 0.2) is 0 Å². The molecular formula is C28H27N3O4. The number of aromatic nitrogens is 1. The van der Waals surface area contributed by atoms with Gasteiger partial charge in [0.25, 0.3) is 5.69 Å². The Morgan fingerprint density at radius 1 is 1.03 bits per heavy atom. The molecule has 2 heterocycles. The number of aliphatic hydroxyl groups is 1. The minimum absolute atomic E-state index is 0.0453. The summed E-state index contributed by atoms with van der Waals surface area (Å²) < 4.78 is 0. The maximum atomic E-state index is 12.5. The number of benzene rings is 3. The van der Waals surface area contributed by atoms with Crippen LogP contribution in [0.2, 0.25) is 0 Å². The number of fused-ring (bicyclic) bond motifs is 4. The molecular weight excluding hydrogens is 442 g/mol. The predicted molar refractivity (Wildman–Crippen MR) is 133 cm³/mol. The highest BCUT2D eigenvalue weighted by molar-refractivity contribution is 5.87. The van der Waals surface area contributed by atoms with Crippen LogP contribution in [0.15, 0.2) is 72.8 Å². The zero-order valence-corrected chi connectivity index (χ0v) is 19.3. The monoisotopic (exact) mass is 469 g/mol. The lowest BCUT2D eigenvalue weighted by Gasteiger charge is -2.56. The van der Waals surface area contributed by atoms with Gasteiger partial charge < -0.3 is 15.2 Å². The SMILES string of the molecule is O=[N+]([O-])c1ccc2c3c([nH]c2c1)CC1(c2cccc(O)c2)CCN(Cc2ccccc2)CC1(O)C3. The van der Waals surface area contributed by atoms with Crippen molar-refractivity contribution in [2.45, 2.75) is 36.8 Å². The van der Waals surface area contributed by atoms with Crippen molar-refractivity contribution in [1.82, 2.24) is 9.88 Å². The first-order chi connectivity index (χ1) is 16.9. The fourth-order valence-electron chi connectivity index (χ4n) is 6.32. The lowest BCUT2D eigenvalue weighted by molar-refractivity contribution is -0.384. The van der Waals surface area contributed by atoms with Gasteiger partial charge in [-0.05, 0) is 47.9 Å². The maximum Gasteiger partial charge on any atom is 0.271 e. The second-order valence-electron chi connectivity index (χ2n) is 10.0. The van der Waals surface area contributed by atoms with Crippen LogP contribution >= 0.6 is 0 Å². The number of aromatic hydroxyl groups is 1. The Morgan fingerprint density at radius 2 is 1.86 bits per heavy atom. The quantitative estimate of drug-likeness (QED) is 0.303. The van der Waals surface area contributed by atoms with E-state index >= 15 is 0 Å². The standard InChI is InChI=1S/C28H27N3O4/c32-22-8-4-7-20(13-22)27-11-12-30(17-19-5-2-1-3-6-19)18-28(27,33)15-24-23-10-9-21(31(34)35)14-25(23)29-26(24)16-27/h1-10,13-14,29,32-33H,11-12,15-18H2. The van der Waals surface area contributed by atoms with Crippen LogP contribution in [0.4, 0.5) is 5.69 Å². The van der Waals surface area contributed by atoms with Gasteiger partial charge in [-0.3, -0.25) is 15.0 Å². The molecule has 0 radical (unpaired) electrons. The number of likely N-dealkylation sites (tertiary alicyclic amines) is 1. The number of piperidine rings is 1. The molecule has 1 saturated heterocycles. The van der Waals surface area contributed by atoms with Crippen LogP contribution in [-0.2, 0) is 24.8 Å². The molecule has 35 heavy (non-hydrogen) atoms. The number of nitro groups is 1. The van der Waals surface area contributed by atoms with E-state index < -0.39 is 11.0 Å². The van der Waals surface area contributed by atoms with Gasteiger partial charge in [-0.25, -0.2) is 0 Å². The molecule has 1 fully saturated rings. The molecule has 178 valence electrons. The molecule has 7 heteroatoms. The first-order valence-electron chi connectivity index (χ1n) is 11.9. The van der Waals surface area contributed by atoms with Crippen LogP contribution in [0.25, 0.3) is 10.9 Å². The number of nitrogens with zero attached hydrogens (tertiary/aromatic N) is 2. The van der Waals surface area contributed by atoms with Gasteiger partial charge >= 0.3 is 0 Å². The largest absolute Gasteiger partial charge is 0.508 e. The molecule has 0 bridgehead atoms. The molecule has 2 aliphatic rings. The van der Waals surface area contributed by atoms with E-state index in [1.165, 1.54) is 11.6 Å². The number of rotatable bonds is 4. The van der Waals surface area contributed by atoms with Crippen LogP contribution in [0.3, 0.4) is 0 Å². The highest BCUT2D eigenvalue weighted by atomic mass is 16.6. The number of phenolic OH excluding ortho intramolecular Hbond substituents is 1. The van der Waals surface area contributed by atoms with Gasteiger partial charge in [-0.15, -0.1) is 0 Å². The van der Waals surface area contributed by atoms with E-state index in [4.69, 9.17) is 0 Å². The van der Waals surface area contributed by atoms with Crippen molar-refractivity contribution >= 4 is 16.6 Å². The number of phenols is 1. The maximum absolute atomic E-state index is 12.5. The summed E-state index contributed by atoms with van der Waals surface area (Å²) in [6, 6.07) is 22.4. The van der Waals surface area contributed by atoms with Gasteiger partial charge in [0.1, 0.15) is 5.75 Å². The van der Waals surface area contributed by atoms with Crippen LogP contribution in [-0.4, -0.2) is 43.7 Å². The van der Waals surface area contributed by atoms with Gasteiger partial charge in [-0.2, -0.15) is 0 Å². The molecule has 0 saturated carbocycles. The van der Waals surface area contributed by atoms with E-state index in [2.05, 4.69) is 22.0 Å². The summed E-state index contributed by atoms with van der Waals surface area (Å²) in [6.45, 7) is 2.07. The number of nitro benzene ring substituents is 1. The number of aromatic amines is 1. The Bertz CT molecular complexity index is 1430. The number of H-pyrrole nitrogens is 1. The van der Waals surface area contributed by atoms with Gasteiger partial charge in [0.05, 0.1) is 16.0 Å². The third-order valence-electron chi connectivity index (χ3n) is 8.02. The lowest BCUT2D eigenvalue weighted by atomic mass is 9.56. The number of β-amino-alcohol motifs (C(OH)–C–C–N with tert-alkyl or cyclic N) is 1. The number of hydrogen-bond acceptors (Lipinski definition) is 5. The highest BCUT2D eigenvalue weighted by Crippen LogP contribution is 2.52.